The molecular formula is C24H22N4O6S. The summed E-state index contributed by atoms with van der Waals surface area (Å²) in [4.78, 5) is 23.8. The number of carbonyl (C=O) groups excluding carboxylic acids is 2. The maximum Gasteiger partial charge on any atom is 0.276 e. The monoisotopic (exact) mass is 494 g/mol. The van der Waals surface area contributed by atoms with E-state index >= 15 is 0 Å². The van der Waals surface area contributed by atoms with E-state index in [4.69, 9.17) is 14.7 Å². The third-order valence-corrected chi connectivity index (χ3v) is 6.12. The zero-order valence-corrected chi connectivity index (χ0v) is 19.5. The number of hydrogen-bond acceptors (Lipinski definition) is 7. The van der Waals surface area contributed by atoms with E-state index in [1.54, 1.807) is 24.3 Å². The first-order chi connectivity index (χ1) is 16.8. The first-order valence-electron chi connectivity index (χ1n) is 10.3. The molecule has 0 bridgehead atoms. The van der Waals surface area contributed by atoms with E-state index in [1.807, 2.05) is 24.3 Å². The Morgan fingerprint density at radius 1 is 0.829 bits per heavy atom. The van der Waals surface area contributed by atoms with Crippen molar-refractivity contribution in [2.75, 3.05) is 20.3 Å². The number of nitrogens with one attached hydrogen (secondary N) is 3. The summed E-state index contributed by atoms with van der Waals surface area (Å²) >= 11 is 0. The third kappa shape index (κ3) is 7.29. The highest BCUT2D eigenvalue weighted by Crippen LogP contribution is 2.22. The van der Waals surface area contributed by atoms with Gasteiger partial charge in [0.2, 0.25) is 10.0 Å². The maximum atomic E-state index is 12.2. The topological polar surface area (TPSA) is 147 Å². The summed E-state index contributed by atoms with van der Waals surface area (Å²) in [6.45, 7) is -0.944. The molecule has 10 nitrogen and oxygen atoms in total. The molecule has 35 heavy (non-hydrogen) atoms. The number of methoxy groups -OCH3 is 1. The molecule has 0 atom stereocenters. The van der Waals surface area contributed by atoms with Crippen molar-refractivity contribution in [3.05, 3.63) is 78.4 Å². The third-order valence-electron chi connectivity index (χ3n) is 4.71. The average Bonchev–Trinajstić information content (AvgIpc) is 2.90. The fourth-order valence-corrected chi connectivity index (χ4v) is 3.83. The molecule has 3 rings (SSSR count). The Balaban J connectivity index is 1.41. The zero-order chi connectivity index (χ0) is 25.3. The first kappa shape index (κ1) is 25.2. The van der Waals surface area contributed by atoms with Gasteiger partial charge < -0.3 is 9.47 Å². The fraction of sp³-hybridized carbons (Fsp3) is 0.125. The Hall–Kier alpha value is -4.40. The SMILES string of the molecule is COc1ccc(S(=O)(=O)NCC(=O)NNC(=O)COc2ccc(-c3ccc(C#N)cc3)cc2)cc1. The van der Waals surface area contributed by atoms with Crippen LogP contribution < -0.4 is 25.0 Å². The van der Waals surface area contributed by atoms with Gasteiger partial charge in [-0.25, -0.2) is 13.1 Å². The molecule has 3 N–H and O–H groups in total. The molecule has 0 fully saturated rings. The molecule has 3 aromatic carbocycles. The lowest BCUT2D eigenvalue weighted by molar-refractivity contribution is -0.129. The molecule has 0 aliphatic carbocycles. The molecule has 0 saturated heterocycles. The van der Waals surface area contributed by atoms with Crippen LogP contribution in [0.2, 0.25) is 0 Å². The lowest BCUT2D eigenvalue weighted by Crippen LogP contribution is -2.47. The smallest absolute Gasteiger partial charge is 0.276 e. The van der Waals surface area contributed by atoms with E-state index in [2.05, 4.69) is 21.6 Å². The van der Waals surface area contributed by atoms with Crippen LogP contribution >= 0.6 is 0 Å². The van der Waals surface area contributed by atoms with Crippen molar-refractivity contribution in [3.63, 3.8) is 0 Å². The van der Waals surface area contributed by atoms with Crippen molar-refractivity contribution in [1.29, 1.82) is 5.26 Å². The molecule has 0 aromatic heterocycles. The van der Waals surface area contributed by atoms with Gasteiger partial charge in [0.25, 0.3) is 11.8 Å². The van der Waals surface area contributed by atoms with Crippen LogP contribution in [0.1, 0.15) is 5.56 Å². The lowest BCUT2D eigenvalue weighted by atomic mass is 10.0. The van der Waals surface area contributed by atoms with E-state index in [-0.39, 0.29) is 11.5 Å². The molecule has 0 aliphatic rings. The second-order valence-corrected chi connectivity index (χ2v) is 8.87. The fourth-order valence-electron chi connectivity index (χ4n) is 2.85. The minimum Gasteiger partial charge on any atom is -0.497 e. The van der Waals surface area contributed by atoms with Crippen LogP contribution in [0.5, 0.6) is 11.5 Å². The summed E-state index contributed by atoms with van der Waals surface area (Å²) in [5.74, 6) is -0.459. The van der Waals surface area contributed by atoms with Crippen molar-refractivity contribution in [1.82, 2.24) is 15.6 Å². The summed E-state index contributed by atoms with van der Waals surface area (Å²) in [7, 11) is -2.45. The van der Waals surface area contributed by atoms with Gasteiger partial charge >= 0.3 is 0 Å². The normalized spacial score (nSPS) is 10.6. The maximum absolute atomic E-state index is 12.2. The van der Waals surface area contributed by atoms with E-state index in [0.717, 1.165) is 11.1 Å². The summed E-state index contributed by atoms with van der Waals surface area (Å²) in [6, 6.07) is 21.8. The van der Waals surface area contributed by atoms with Crippen LogP contribution in [-0.4, -0.2) is 40.5 Å². The number of rotatable bonds is 9. The van der Waals surface area contributed by atoms with Crippen LogP contribution in [0.15, 0.2) is 77.7 Å². The Morgan fingerprint density at radius 3 is 1.94 bits per heavy atom. The Labute approximate surface area is 202 Å². The first-order valence-corrected chi connectivity index (χ1v) is 11.7. The minimum absolute atomic E-state index is 0.0336. The zero-order valence-electron chi connectivity index (χ0n) is 18.6. The number of nitrogens with zero attached hydrogens (tertiary/aromatic N) is 1. The van der Waals surface area contributed by atoms with Gasteiger partial charge in [-0.15, -0.1) is 0 Å². The van der Waals surface area contributed by atoms with Crippen molar-refractivity contribution in [2.24, 2.45) is 0 Å². The van der Waals surface area contributed by atoms with Crippen LogP contribution in [0, 0.1) is 11.3 Å². The summed E-state index contributed by atoms with van der Waals surface area (Å²) < 4.78 is 37.0. The van der Waals surface area contributed by atoms with E-state index < -0.39 is 28.4 Å². The van der Waals surface area contributed by atoms with Crippen LogP contribution in [0.25, 0.3) is 11.1 Å². The van der Waals surface area contributed by atoms with Gasteiger partial charge in [-0.2, -0.15) is 5.26 Å². The van der Waals surface area contributed by atoms with Crippen molar-refractivity contribution in [2.45, 2.75) is 4.90 Å². The lowest BCUT2D eigenvalue weighted by Gasteiger charge is -2.10. The molecule has 2 amide bonds. The van der Waals surface area contributed by atoms with Crippen molar-refractivity contribution < 1.29 is 27.5 Å². The quantitative estimate of drug-likeness (QED) is 0.384. The average molecular weight is 495 g/mol. The predicted octanol–water partition coefficient (Wildman–Crippen LogP) is 1.74. The van der Waals surface area contributed by atoms with E-state index in [1.165, 1.54) is 31.4 Å². The van der Waals surface area contributed by atoms with Crippen molar-refractivity contribution >= 4 is 21.8 Å². The number of ether oxygens (including phenoxy) is 2. The number of carbonyl (C=O) groups is 2. The molecule has 0 radical (unpaired) electrons. The molecule has 3 aromatic rings. The second-order valence-electron chi connectivity index (χ2n) is 7.10. The van der Waals surface area contributed by atoms with Gasteiger partial charge in [-0.05, 0) is 59.7 Å². The Kier molecular flexibility index (Phi) is 8.39. The summed E-state index contributed by atoms with van der Waals surface area (Å²) in [6.07, 6.45) is 0. The van der Waals surface area contributed by atoms with Crippen LogP contribution in [0.3, 0.4) is 0 Å². The highest BCUT2D eigenvalue weighted by atomic mass is 32.2. The number of nitriles is 1. The molecule has 180 valence electrons. The van der Waals surface area contributed by atoms with Gasteiger partial charge in [0.1, 0.15) is 11.5 Å². The second kappa shape index (κ2) is 11.6. The molecule has 11 heteroatoms. The van der Waals surface area contributed by atoms with Gasteiger partial charge in [0.15, 0.2) is 6.61 Å². The van der Waals surface area contributed by atoms with E-state index in [9.17, 15) is 18.0 Å². The summed E-state index contributed by atoms with van der Waals surface area (Å²) in [5.41, 5.74) is 6.68. The Bertz CT molecular complexity index is 1320. The van der Waals surface area contributed by atoms with E-state index in [0.29, 0.717) is 17.1 Å². The molecular weight excluding hydrogens is 472 g/mol. The van der Waals surface area contributed by atoms with Crippen molar-refractivity contribution in [3.8, 4) is 28.7 Å². The van der Waals surface area contributed by atoms with Gasteiger partial charge in [-0.1, -0.05) is 24.3 Å². The van der Waals surface area contributed by atoms with Gasteiger partial charge in [-0.3, -0.25) is 20.4 Å². The predicted molar refractivity (Wildman–Crippen MR) is 127 cm³/mol. The molecule has 0 unspecified atom stereocenters. The highest BCUT2D eigenvalue weighted by Gasteiger charge is 2.16. The van der Waals surface area contributed by atoms with Crippen LogP contribution in [0.4, 0.5) is 0 Å². The molecule has 0 aliphatic heterocycles. The molecule has 0 heterocycles. The number of sulfonamides is 1. The number of hydrogen-bond donors (Lipinski definition) is 3. The number of amides is 2. The Morgan fingerprint density at radius 2 is 1.37 bits per heavy atom. The standard InChI is InChI=1S/C24H22N4O6S/c1-33-20-10-12-22(13-11-20)35(31,32)26-15-23(29)27-28-24(30)16-34-21-8-6-19(7-9-21)18-4-2-17(14-25)3-5-18/h2-13,26H,15-16H2,1H3,(H,27,29)(H,28,30). The molecule has 0 saturated carbocycles. The van der Waals surface area contributed by atoms with Gasteiger partial charge in [0, 0.05) is 0 Å². The van der Waals surface area contributed by atoms with Gasteiger partial charge in [0.05, 0.1) is 30.2 Å². The minimum atomic E-state index is -3.91. The number of hydrazine groups is 1. The largest absolute Gasteiger partial charge is 0.497 e. The highest BCUT2D eigenvalue weighted by molar-refractivity contribution is 7.89. The van der Waals surface area contributed by atoms with Crippen LogP contribution in [-0.2, 0) is 19.6 Å². The summed E-state index contributed by atoms with van der Waals surface area (Å²) in [5, 5.41) is 8.87. The number of benzene rings is 3. The molecule has 0 spiro atoms.